The molecular formula is C24H22N6O5S. The number of nitro benzene ring substituents is 1. The summed E-state index contributed by atoms with van der Waals surface area (Å²) in [5.41, 5.74) is 9.53. The van der Waals surface area contributed by atoms with Crippen LogP contribution in [0.3, 0.4) is 0 Å². The fourth-order valence-electron chi connectivity index (χ4n) is 3.86. The van der Waals surface area contributed by atoms with Gasteiger partial charge in [0.2, 0.25) is 0 Å². The van der Waals surface area contributed by atoms with E-state index in [0.29, 0.717) is 40.6 Å². The van der Waals surface area contributed by atoms with Crippen molar-refractivity contribution in [2.75, 3.05) is 5.32 Å². The van der Waals surface area contributed by atoms with Crippen LogP contribution < -0.4 is 21.6 Å². The first kappa shape index (κ1) is 24.5. The number of thiocarbonyl (C=S) groups is 1. The van der Waals surface area contributed by atoms with E-state index in [2.05, 4.69) is 26.7 Å². The summed E-state index contributed by atoms with van der Waals surface area (Å²) in [6.07, 6.45) is 2.05. The number of furan rings is 1. The van der Waals surface area contributed by atoms with E-state index in [-0.39, 0.29) is 17.0 Å². The molecule has 11 nitrogen and oxygen atoms in total. The van der Waals surface area contributed by atoms with Gasteiger partial charge in [-0.05, 0) is 50.2 Å². The summed E-state index contributed by atoms with van der Waals surface area (Å²) in [7, 11) is 0. The van der Waals surface area contributed by atoms with Crippen molar-refractivity contribution in [2.45, 2.75) is 26.2 Å². The first-order valence-electron chi connectivity index (χ1n) is 11.0. The largest absolute Gasteiger partial charge is 0.455 e. The third kappa shape index (κ3) is 5.39. The molecule has 0 aliphatic heterocycles. The second-order valence-electron chi connectivity index (χ2n) is 7.88. The van der Waals surface area contributed by atoms with Crippen LogP contribution in [-0.2, 0) is 6.42 Å². The van der Waals surface area contributed by atoms with E-state index in [1.807, 2.05) is 30.3 Å². The van der Waals surface area contributed by atoms with E-state index in [4.69, 9.17) is 16.6 Å². The lowest BCUT2D eigenvalue weighted by Crippen LogP contribution is -2.42. The molecule has 36 heavy (non-hydrogen) atoms. The Morgan fingerprint density at radius 2 is 1.72 bits per heavy atom. The Morgan fingerprint density at radius 1 is 1.03 bits per heavy atom. The van der Waals surface area contributed by atoms with Gasteiger partial charge in [-0.25, -0.2) is 0 Å². The molecule has 0 bridgehead atoms. The molecule has 1 aromatic heterocycles. The molecule has 2 amide bonds. The number of benzene rings is 2. The van der Waals surface area contributed by atoms with Crippen molar-refractivity contribution in [2.24, 2.45) is 5.10 Å². The highest BCUT2D eigenvalue weighted by molar-refractivity contribution is 7.80. The quantitative estimate of drug-likeness (QED) is 0.233. The number of amides is 2. The van der Waals surface area contributed by atoms with Crippen LogP contribution in [0, 0.1) is 17.0 Å². The third-order valence-electron chi connectivity index (χ3n) is 5.49. The van der Waals surface area contributed by atoms with Crippen molar-refractivity contribution in [1.29, 1.82) is 0 Å². The average Bonchev–Trinajstić information content (AvgIpc) is 3.23. The van der Waals surface area contributed by atoms with E-state index in [9.17, 15) is 19.7 Å². The topological polar surface area (TPSA) is 151 Å². The van der Waals surface area contributed by atoms with Crippen molar-refractivity contribution < 1.29 is 18.9 Å². The van der Waals surface area contributed by atoms with Crippen LogP contribution in [0.5, 0.6) is 0 Å². The lowest BCUT2D eigenvalue weighted by molar-refractivity contribution is -0.385. The number of fused-ring (bicyclic) bond motifs is 1. The second kappa shape index (κ2) is 10.8. The molecule has 0 spiro atoms. The standard InChI is InChI=1S/C24H22N6O5S/c1-14-20-17(26-29-24(36)25-15-8-3-2-4-9-15)11-7-13-19(20)35-21(14)23(32)28-27-22(31)16-10-5-6-12-18(16)30(33)34/h2-6,8-10,12H,7,11,13H2,1H3,(H,27,31)(H,28,32)(H2,25,29,36)/b26-17+. The number of carbonyl (C=O) groups is 2. The minimum absolute atomic E-state index is 0.0162. The maximum Gasteiger partial charge on any atom is 0.305 e. The van der Waals surface area contributed by atoms with E-state index in [1.165, 1.54) is 24.3 Å². The molecule has 12 heteroatoms. The Balaban J connectivity index is 1.45. The molecular weight excluding hydrogens is 484 g/mol. The van der Waals surface area contributed by atoms with Gasteiger partial charge in [0, 0.05) is 29.3 Å². The smallest absolute Gasteiger partial charge is 0.305 e. The first-order valence-corrected chi connectivity index (χ1v) is 11.4. The molecule has 4 N–H and O–H groups in total. The molecule has 0 saturated carbocycles. The van der Waals surface area contributed by atoms with Gasteiger partial charge in [0.25, 0.3) is 11.6 Å². The van der Waals surface area contributed by atoms with Gasteiger partial charge in [-0.2, -0.15) is 5.10 Å². The molecule has 1 heterocycles. The summed E-state index contributed by atoms with van der Waals surface area (Å²) in [5.74, 6) is -0.892. The summed E-state index contributed by atoms with van der Waals surface area (Å²) < 4.78 is 5.80. The summed E-state index contributed by atoms with van der Waals surface area (Å²) in [6, 6.07) is 14.9. The van der Waals surface area contributed by atoms with E-state index in [0.717, 1.165) is 12.1 Å². The number of aryl methyl sites for hydroxylation is 1. The lowest BCUT2D eigenvalue weighted by Gasteiger charge is -2.14. The summed E-state index contributed by atoms with van der Waals surface area (Å²) in [4.78, 5) is 35.7. The Bertz CT molecular complexity index is 1370. The number of rotatable bonds is 5. The molecule has 0 fully saturated rings. The van der Waals surface area contributed by atoms with E-state index >= 15 is 0 Å². The van der Waals surface area contributed by atoms with Crippen LogP contribution in [0.25, 0.3) is 0 Å². The second-order valence-corrected chi connectivity index (χ2v) is 8.29. The lowest BCUT2D eigenvalue weighted by atomic mass is 9.93. The molecule has 0 atom stereocenters. The van der Waals surface area contributed by atoms with Crippen molar-refractivity contribution in [3.63, 3.8) is 0 Å². The normalized spacial score (nSPS) is 13.4. The number of carbonyl (C=O) groups excluding carboxylic acids is 2. The molecule has 0 saturated heterocycles. The maximum absolute atomic E-state index is 12.8. The van der Waals surface area contributed by atoms with E-state index < -0.39 is 16.7 Å². The van der Waals surface area contributed by atoms with Crippen LogP contribution in [0.4, 0.5) is 11.4 Å². The molecule has 1 aliphatic rings. The zero-order valence-corrected chi connectivity index (χ0v) is 20.0. The van der Waals surface area contributed by atoms with Gasteiger partial charge in [-0.15, -0.1) is 0 Å². The monoisotopic (exact) mass is 506 g/mol. The molecule has 4 rings (SSSR count). The third-order valence-corrected chi connectivity index (χ3v) is 5.68. The van der Waals surface area contributed by atoms with Crippen molar-refractivity contribution >= 4 is 46.2 Å². The van der Waals surface area contributed by atoms with Crippen LogP contribution in [0.15, 0.2) is 64.1 Å². The fraction of sp³-hybridized carbons (Fsp3) is 0.167. The number of hydrogen-bond donors (Lipinski definition) is 4. The van der Waals surface area contributed by atoms with Crippen LogP contribution in [-0.4, -0.2) is 27.6 Å². The summed E-state index contributed by atoms with van der Waals surface area (Å²) >= 11 is 5.31. The van der Waals surface area contributed by atoms with Crippen molar-refractivity contribution in [3.05, 3.63) is 92.9 Å². The van der Waals surface area contributed by atoms with E-state index in [1.54, 1.807) is 6.92 Å². The number of nitro groups is 1. The van der Waals surface area contributed by atoms with Gasteiger partial charge in [0.05, 0.1) is 10.6 Å². The number of para-hydroxylation sites is 2. The first-order chi connectivity index (χ1) is 17.3. The van der Waals surface area contributed by atoms with Gasteiger partial charge >= 0.3 is 5.91 Å². The van der Waals surface area contributed by atoms with Gasteiger partial charge in [-0.1, -0.05) is 30.3 Å². The summed E-state index contributed by atoms with van der Waals surface area (Å²) in [6.45, 7) is 1.72. The zero-order valence-electron chi connectivity index (χ0n) is 19.2. The highest BCUT2D eigenvalue weighted by atomic mass is 32.1. The average molecular weight is 507 g/mol. The van der Waals surface area contributed by atoms with Gasteiger partial charge in [0.1, 0.15) is 11.3 Å². The minimum Gasteiger partial charge on any atom is -0.455 e. The number of hydrazone groups is 1. The highest BCUT2D eigenvalue weighted by Gasteiger charge is 2.28. The molecule has 184 valence electrons. The summed E-state index contributed by atoms with van der Waals surface area (Å²) in [5, 5.41) is 18.9. The number of hydrogen-bond acceptors (Lipinski definition) is 7. The van der Waals surface area contributed by atoms with Crippen LogP contribution in [0.1, 0.15) is 50.6 Å². The van der Waals surface area contributed by atoms with Crippen LogP contribution >= 0.6 is 12.2 Å². The number of nitrogens with one attached hydrogen (secondary N) is 4. The Labute approximate surface area is 211 Å². The maximum atomic E-state index is 12.8. The molecule has 1 aliphatic carbocycles. The Morgan fingerprint density at radius 3 is 2.47 bits per heavy atom. The van der Waals surface area contributed by atoms with Gasteiger partial charge in [-0.3, -0.25) is 36.0 Å². The Hall–Kier alpha value is -4.58. The molecule has 2 aromatic carbocycles. The van der Waals surface area contributed by atoms with Gasteiger partial charge < -0.3 is 9.73 Å². The minimum atomic E-state index is -0.824. The fourth-order valence-corrected chi connectivity index (χ4v) is 4.02. The highest BCUT2D eigenvalue weighted by Crippen LogP contribution is 2.29. The number of hydrazine groups is 1. The Kier molecular flexibility index (Phi) is 7.35. The molecule has 3 aromatic rings. The molecule has 0 radical (unpaired) electrons. The number of anilines is 1. The number of nitrogens with zero attached hydrogens (tertiary/aromatic N) is 2. The predicted molar refractivity (Wildman–Crippen MR) is 137 cm³/mol. The van der Waals surface area contributed by atoms with Gasteiger partial charge in [0.15, 0.2) is 10.9 Å². The molecule has 0 unspecified atom stereocenters. The SMILES string of the molecule is Cc1c(C(=O)NNC(=O)c2ccccc2[N+](=O)[O-])oc2c1/C(=N/NC(=S)Nc1ccccc1)CCC2. The predicted octanol–water partition coefficient (Wildman–Crippen LogP) is 3.60. The van der Waals surface area contributed by atoms with Crippen molar-refractivity contribution in [3.8, 4) is 0 Å². The van der Waals surface area contributed by atoms with Crippen molar-refractivity contribution in [1.82, 2.24) is 16.3 Å². The zero-order chi connectivity index (χ0) is 25.7. The van der Waals surface area contributed by atoms with Crippen LogP contribution in [0.2, 0.25) is 0 Å².